The summed E-state index contributed by atoms with van der Waals surface area (Å²) in [5.41, 5.74) is 1.88. The van der Waals surface area contributed by atoms with Crippen LogP contribution in [-0.4, -0.2) is 68.3 Å². The van der Waals surface area contributed by atoms with Crippen molar-refractivity contribution in [3.63, 3.8) is 0 Å². The third-order valence-corrected chi connectivity index (χ3v) is 5.01. The van der Waals surface area contributed by atoms with Crippen LogP contribution in [0.25, 0.3) is 0 Å². The maximum Gasteiger partial charge on any atom is 0.412 e. The third kappa shape index (κ3) is 7.48. The molecule has 0 radical (unpaired) electrons. The van der Waals surface area contributed by atoms with Gasteiger partial charge in [0.1, 0.15) is 5.60 Å². The zero-order valence-electron chi connectivity index (χ0n) is 20.1. The van der Waals surface area contributed by atoms with Crippen molar-refractivity contribution < 1.29 is 23.9 Å². The molecule has 1 heterocycles. The van der Waals surface area contributed by atoms with E-state index in [1.165, 1.54) is 4.90 Å². The Bertz CT molecular complexity index is 1010. The zero-order chi connectivity index (χ0) is 24.7. The summed E-state index contributed by atoms with van der Waals surface area (Å²) in [7, 11) is 1.55. The SMILES string of the molecule is CN(CC(=O)Nc1ccc(N2CCOCC2)cc1)C(=O)c1cccc(NC(=O)OC(C)(C)C)c1. The molecule has 0 atom stereocenters. The molecule has 0 aliphatic carbocycles. The fourth-order valence-electron chi connectivity index (χ4n) is 3.44. The van der Waals surface area contributed by atoms with E-state index in [2.05, 4.69) is 15.5 Å². The molecular formula is C25H32N4O5. The van der Waals surface area contributed by atoms with Crippen molar-refractivity contribution in [1.29, 1.82) is 0 Å². The van der Waals surface area contributed by atoms with Gasteiger partial charge in [0.25, 0.3) is 5.91 Å². The second-order valence-corrected chi connectivity index (χ2v) is 9.06. The van der Waals surface area contributed by atoms with Gasteiger partial charge in [0.2, 0.25) is 5.91 Å². The van der Waals surface area contributed by atoms with Gasteiger partial charge in [-0.25, -0.2) is 4.79 Å². The third-order valence-electron chi connectivity index (χ3n) is 5.01. The standard InChI is InChI=1S/C25H32N4O5/c1-25(2,3)34-24(32)27-20-7-5-6-18(16-20)23(31)28(4)17-22(30)26-19-8-10-21(11-9-19)29-12-14-33-15-13-29/h5-11,16H,12-15,17H2,1-4H3,(H,26,30)(H,27,32). The first-order valence-electron chi connectivity index (χ1n) is 11.2. The van der Waals surface area contributed by atoms with E-state index in [0.717, 1.165) is 18.8 Å². The molecule has 0 bridgehead atoms. The molecule has 1 aliphatic heterocycles. The minimum absolute atomic E-state index is 0.117. The summed E-state index contributed by atoms with van der Waals surface area (Å²) in [6.07, 6.45) is -0.607. The van der Waals surface area contributed by atoms with Gasteiger partial charge in [-0.05, 0) is 63.2 Å². The maximum absolute atomic E-state index is 12.8. The van der Waals surface area contributed by atoms with E-state index in [4.69, 9.17) is 9.47 Å². The smallest absolute Gasteiger partial charge is 0.412 e. The molecule has 0 unspecified atom stereocenters. The minimum Gasteiger partial charge on any atom is -0.444 e. The van der Waals surface area contributed by atoms with Crippen molar-refractivity contribution >= 4 is 35.0 Å². The Kier molecular flexibility index (Phi) is 8.12. The van der Waals surface area contributed by atoms with Crippen LogP contribution in [-0.2, 0) is 14.3 Å². The Morgan fingerprint density at radius 1 is 1.00 bits per heavy atom. The van der Waals surface area contributed by atoms with Crippen LogP contribution in [0.15, 0.2) is 48.5 Å². The number of likely N-dealkylation sites (N-methyl/N-ethyl adjacent to an activating group) is 1. The first-order chi connectivity index (χ1) is 16.1. The molecule has 0 spiro atoms. The number of ether oxygens (including phenoxy) is 2. The summed E-state index contributed by atoms with van der Waals surface area (Å²) in [5, 5.41) is 5.43. The Labute approximate surface area is 200 Å². The highest BCUT2D eigenvalue weighted by Gasteiger charge is 2.19. The number of carbonyl (C=O) groups excluding carboxylic acids is 3. The fourth-order valence-corrected chi connectivity index (χ4v) is 3.44. The molecule has 182 valence electrons. The van der Waals surface area contributed by atoms with Crippen molar-refractivity contribution in [1.82, 2.24) is 4.90 Å². The molecular weight excluding hydrogens is 436 g/mol. The van der Waals surface area contributed by atoms with E-state index in [-0.39, 0.29) is 18.4 Å². The van der Waals surface area contributed by atoms with Crippen molar-refractivity contribution in [3.8, 4) is 0 Å². The number of carbonyl (C=O) groups is 3. The molecule has 2 N–H and O–H groups in total. The van der Waals surface area contributed by atoms with Crippen LogP contribution in [0.4, 0.5) is 21.9 Å². The van der Waals surface area contributed by atoms with Gasteiger partial charge in [-0.3, -0.25) is 14.9 Å². The highest BCUT2D eigenvalue weighted by Crippen LogP contribution is 2.19. The maximum atomic E-state index is 12.8. The lowest BCUT2D eigenvalue weighted by molar-refractivity contribution is -0.116. The normalized spacial score (nSPS) is 13.7. The molecule has 1 saturated heterocycles. The molecule has 2 aromatic carbocycles. The molecule has 2 aromatic rings. The second-order valence-electron chi connectivity index (χ2n) is 9.06. The van der Waals surface area contributed by atoms with Gasteiger partial charge in [-0.2, -0.15) is 0 Å². The molecule has 34 heavy (non-hydrogen) atoms. The summed E-state index contributed by atoms with van der Waals surface area (Å²) in [5.74, 6) is -0.649. The minimum atomic E-state index is -0.631. The van der Waals surface area contributed by atoms with Gasteiger partial charge < -0.3 is 24.6 Å². The number of hydrogen-bond donors (Lipinski definition) is 2. The van der Waals surface area contributed by atoms with Gasteiger partial charge in [-0.15, -0.1) is 0 Å². The van der Waals surface area contributed by atoms with Crippen LogP contribution in [0.1, 0.15) is 31.1 Å². The number of rotatable bonds is 6. The average Bonchev–Trinajstić information content (AvgIpc) is 2.78. The summed E-state index contributed by atoms with van der Waals surface area (Å²) in [4.78, 5) is 40.8. The van der Waals surface area contributed by atoms with Crippen LogP contribution in [0.3, 0.4) is 0 Å². The molecule has 1 aliphatic rings. The summed E-state index contributed by atoms with van der Waals surface area (Å²) in [6, 6.07) is 14.1. The van der Waals surface area contributed by atoms with E-state index in [1.807, 2.05) is 24.3 Å². The number of morpholine rings is 1. The Balaban J connectivity index is 1.53. The Morgan fingerprint density at radius 3 is 2.32 bits per heavy atom. The summed E-state index contributed by atoms with van der Waals surface area (Å²) >= 11 is 0. The van der Waals surface area contributed by atoms with Crippen LogP contribution >= 0.6 is 0 Å². The van der Waals surface area contributed by atoms with Crippen LogP contribution in [0, 0.1) is 0 Å². The van der Waals surface area contributed by atoms with Crippen molar-refractivity contribution in [3.05, 3.63) is 54.1 Å². The quantitative estimate of drug-likeness (QED) is 0.672. The monoisotopic (exact) mass is 468 g/mol. The van der Waals surface area contributed by atoms with Gasteiger partial charge >= 0.3 is 6.09 Å². The first kappa shape index (κ1) is 25.0. The first-order valence-corrected chi connectivity index (χ1v) is 11.2. The van der Waals surface area contributed by atoms with Crippen LogP contribution in [0.2, 0.25) is 0 Å². The van der Waals surface area contributed by atoms with E-state index >= 15 is 0 Å². The second kappa shape index (κ2) is 11.0. The number of nitrogens with zero attached hydrogens (tertiary/aromatic N) is 2. The molecule has 0 aromatic heterocycles. The zero-order valence-corrected chi connectivity index (χ0v) is 20.1. The summed E-state index contributed by atoms with van der Waals surface area (Å²) < 4.78 is 10.6. The lowest BCUT2D eigenvalue weighted by atomic mass is 10.1. The summed E-state index contributed by atoms with van der Waals surface area (Å²) in [6.45, 7) is 8.28. The lowest BCUT2D eigenvalue weighted by Crippen LogP contribution is -2.36. The largest absolute Gasteiger partial charge is 0.444 e. The van der Waals surface area contributed by atoms with Gasteiger partial charge in [0.05, 0.1) is 19.8 Å². The van der Waals surface area contributed by atoms with Crippen molar-refractivity contribution in [2.45, 2.75) is 26.4 Å². The highest BCUT2D eigenvalue weighted by molar-refractivity contribution is 6.00. The van der Waals surface area contributed by atoms with Crippen molar-refractivity contribution in [2.24, 2.45) is 0 Å². The Morgan fingerprint density at radius 2 is 1.68 bits per heavy atom. The van der Waals surface area contributed by atoms with Gasteiger partial charge in [-0.1, -0.05) is 6.07 Å². The Hall–Kier alpha value is -3.59. The van der Waals surface area contributed by atoms with Gasteiger partial charge in [0.15, 0.2) is 0 Å². The topological polar surface area (TPSA) is 100 Å². The number of amides is 3. The number of hydrogen-bond acceptors (Lipinski definition) is 6. The molecule has 9 nitrogen and oxygen atoms in total. The van der Waals surface area contributed by atoms with Crippen LogP contribution in [0.5, 0.6) is 0 Å². The molecule has 9 heteroatoms. The highest BCUT2D eigenvalue weighted by atomic mass is 16.6. The molecule has 1 fully saturated rings. The van der Waals surface area contributed by atoms with Gasteiger partial charge in [0, 0.05) is 42.8 Å². The number of anilines is 3. The predicted molar refractivity (Wildman–Crippen MR) is 131 cm³/mol. The van der Waals surface area contributed by atoms with Crippen LogP contribution < -0.4 is 15.5 Å². The lowest BCUT2D eigenvalue weighted by Gasteiger charge is -2.28. The van der Waals surface area contributed by atoms with E-state index in [1.54, 1.807) is 52.1 Å². The fraction of sp³-hybridized carbons (Fsp3) is 0.400. The molecule has 3 amide bonds. The predicted octanol–water partition coefficient (Wildman–Crippen LogP) is 3.58. The number of nitrogens with one attached hydrogen (secondary N) is 2. The molecule has 0 saturated carbocycles. The average molecular weight is 469 g/mol. The van der Waals surface area contributed by atoms with Crippen molar-refractivity contribution in [2.75, 3.05) is 55.4 Å². The van der Waals surface area contributed by atoms with E-state index < -0.39 is 11.7 Å². The van der Waals surface area contributed by atoms with E-state index in [0.29, 0.717) is 30.2 Å². The number of benzene rings is 2. The van der Waals surface area contributed by atoms with E-state index in [9.17, 15) is 14.4 Å². The molecule has 3 rings (SSSR count).